The molecule has 0 atom stereocenters. The molecule has 2 rings (SSSR count). The van der Waals surface area contributed by atoms with E-state index in [4.69, 9.17) is 10.5 Å². The van der Waals surface area contributed by atoms with Gasteiger partial charge < -0.3 is 10.5 Å². The number of hydrogen-bond acceptors (Lipinski definition) is 4. The van der Waals surface area contributed by atoms with Crippen LogP contribution in [-0.2, 0) is 10.0 Å². The summed E-state index contributed by atoms with van der Waals surface area (Å²) >= 11 is 3.33. The Morgan fingerprint density at radius 3 is 2.38 bits per heavy atom. The van der Waals surface area contributed by atoms with Gasteiger partial charge in [-0.1, -0.05) is 0 Å². The summed E-state index contributed by atoms with van der Waals surface area (Å²) in [4.78, 5) is 0.148. The van der Waals surface area contributed by atoms with E-state index in [0.717, 1.165) is 5.56 Å². The topological polar surface area (TPSA) is 81.4 Å². The molecule has 0 fully saturated rings. The van der Waals surface area contributed by atoms with Crippen molar-refractivity contribution in [2.24, 2.45) is 0 Å². The van der Waals surface area contributed by atoms with Gasteiger partial charge >= 0.3 is 0 Å². The van der Waals surface area contributed by atoms with Crippen LogP contribution in [-0.4, -0.2) is 15.5 Å². The number of nitrogen functional groups attached to an aromatic ring is 1. The molecule has 0 radical (unpaired) electrons. The smallest absolute Gasteiger partial charge is 0.261 e. The first-order chi connectivity index (χ1) is 9.83. The second-order valence-electron chi connectivity index (χ2n) is 4.47. The van der Waals surface area contributed by atoms with Crippen molar-refractivity contribution in [1.29, 1.82) is 0 Å². The number of benzene rings is 2. The summed E-state index contributed by atoms with van der Waals surface area (Å²) in [5.74, 6) is 0.592. The number of aryl methyl sites for hydroxylation is 1. The predicted molar refractivity (Wildman–Crippen MR) is 87.1 cm³/mol. The zero-order valence-corrected chi connectivity index (χ0v) is 14.0. The average molecular weight is 371 g/mol. The van der Waals surface area contributed by atoms with Crippen LogP contribution in [0.3, 0.4) is 0 Å². The summed E-state index contributed by atoms with van der Waals surface area (Å²) in [5, 5.41) is 0. The third-order valence-corrected chi connectivity index (χ3v) is 5.01. The summed E-state index contributed by atoms with van der Waals surface area (Å²) < 4.78 is 32.8. The van der Waals surface area contributed by atoms with E-state index in [2.05, 4.69) is 20.7 Å². The normalized spacial score (nSPS) is 11.2. The van der Waals surface area contributed by atoms with E-state index in [1.807, 2.05) is 6.92 Å². The van der Waals surface area contributed by atoms with Crippen LogP contribution in [0.5, 0.6) is 5.75 Å². The highest BCUT2D eigenvalue weighted by molar-refractivity contribution is 9.10. The highest BCUT2D eigenvalue weighted by Crippen LogP contribution is 2.29. The highest BCUT2D eigenvalue weighted by Gasteiger charge is 2.16. The third kappa shape index (κ3) is 3.48. The number of halogens is 1. The van der Waals surface area contributed by atoms with Crippen LogP contribution in [0.1, 0.15) is 5.56 Å². The molecule has 0 aliphatic carbocycles. The van der Waals surface area contributed by atoms with E-state index in [1.54, 1.807) is 24.3 Å². The monoisotopic (exact) mass is 370 g/mol. The lowest BCUT2D eigenvalue weighted by Crippen LogP contribution is -2.13. The Labute approximate surface area is 132 Å². The van der Waals surface area contributed by atoms with E-state index in [1.165, 1.54) is 19.2 Å². The fourth-order valence-electron chi connectivity index (χ4n) is 1.73. The van der Waals surface area contributed by atoms with Gasteiger partial charge in [-0.2, -0.15) is 0 Å². The van der Waals surface area contributed by atoms with Crippen molar-refractivity contribution in [3.05, 3.63) is 46.4 Å². The molecule has 0 bridgehead atoms. The van der Waals surface area contributed by atoms with Crippen molar-refractivity contribution in [3.8, 4) is 5.75 Å². The van der Waals surface area contributed by atoms with Gasteiger partial charge in [0.15, 0.2) is 0 Å². The number of sulfonamides is 1. The van der Waals surface area contributed by atoms with E-state index in [9.17, 15) is 8.42 Å². The average Bonchev–Trinajstić information content (AvgIpc) is 2.44. The van der Waals surface area contributed by atoms with Gasteiger partial charge in [-0.15, -0.1) is 0 Å². The molecule has 5 nitrogen and oxygen atoms in total. The quantitative estimate of drug-likeness (QED) is 0.809. The first-order valence-electron chi connectivity index (χ1n) is 6.06. The van der Waals surface area contributed by atoms with E-state index in [0.29, 0.717) is 21.6 Å². The summed E-state index contributed by atoms with van der Waals surface area (Å²) in [7, 11) is -2.16. The molecule has 2 aromatic carbocycles. The number of methoxy groups -OCH3 is 1. The van der Waals surface area contributed by atoms with E-state index in [-0.39, 0.29) is 4.90 Å². The lowest BCUT2D eigenvalue weighted by Gasteiger charge is -2.12. The molecule has 0 amide bonds. The molecule has 0 unspecified atom stereocenters. The van der Waals surface area contributed by atoms with Crippen molar-refractivity contribution in [1.82, 2.24) is 0 Å². The van der Waals surface area contributed by atoms with Crippen molar-refractivity contribution >= 4 is 37.3 Å². The number of hydrogen-bond donors (Lipinski definition) is 2. The van der Waals surface area contributed by atoms with Gasteiger partial charge in [0.1, 0.15) is 5.75 Å². The van der Waals surface area contributed by atoms with Crippen molar-refractivity contribution in [2.45, 2.75) is 11.8 Å². The van der Waals surface area contributed by atoms with Gasteiger partial charge in [-0.05, 0) is 64.8 Å². The molecule has 0 saturated heterocycles. The lowest BCUT2D eigenvalue weighted by atomic mass is 10.2. The number of nitrogens with one attached hydrogen (secondary N) is 1. The molecule has 0 aliphatic rings. The SMILES string of the molecule is COc1ccc(S(=O)(=O)Nc2cc(N)c(C)cc2Br)cc1. The molecule has 0 aromatic heterocycles. The van der Waals surface area contributed by atoms with Gasteiger partial charge in [0.2, 0.25) is 0 Å². The fourth-order valence-corrected chi connectivity index (χ4v) is 3.49. The molecule has 112 valence electrons. The predicted octanol–water partition coefficient (Wildman–Crippen LogP) is 3.15. The second kappa shape index (κ2) is 5.95. The zero-order chi connectivity index (χ0) is 15.6. The first kappa shape index (κ1) is 15.7. The number of rotatable bonds is 4. The van der Waals surface area contributed by atoms with E-state index >= 15 is 0 Å². The molecule has 0 spiro atoms. The van der Waals surface area contributed by atoms with Gasteiger partial charge in [-0.3, -0.25) is 4.72 Å². The first-order valence-corrected chi connectivity index (χ1v) is 8.33. The molecule has 2 aromatic rings. The third-order valence-electron chi connectivity index (χ3n) is 2.97. The van der Waals surface area contributed by atoms with Gasteiger partial charge in [-0.25, -0.2) is 8.42 Å². The van der Waals surface area contributed by atoms with E-state index < -0.39 is 10.0 Å². The summed E-state index contributed by atoms with van der Waals surface area (Å²) in [6.07, 6.45) is 0. The lowest BCUT2D eigenvalue weighted by molar-refractivity contribution is 0.414. The molecular weight excluding hydrogens is 356 g/mol. The summed E-state index contributed by atoms with van der Waals surface area (Å²) in [6, 6.07) is 9.49. The van der Waals surface area contributed by atoms with Crippen LogP contribution < -0.4 is 15.2 Å². The van der Waals surface area contributed by atoms with Crippen molar-refractivity contribution in [3.63, 3.8) is 0 Å². The molecule has 0 aliphatic heterocycles. The van der Waals surface area contributed by atoms with Crippen LogP contribution >= 0.6 is 15.9 Å². The molecule has 7 heteroatoms. The number of nitrogens with two attached hydrogens (primary N) is 1. The Hall–Kier alpha value is -1.73. The molecule has 3 N–H and O–H groups in total. The number of ether oxygens (including phenoxy) is 1. The Bertz CT molecular complexity index is 759. The van der Waals surface area contributed by atoms with Crippen LogP contribution in [0, 0.1) is 6.92 Å². The fraction of sp³-hybridized carbons (Fsp3) is 0.143. The highest BCUT2D eigenvalue weighted by atomic mass is 79.9. The van der Waals surface area contributed by atoms with Crippen LogP contribution in [0.15, 0.2) is 45.8 Å². The maximum atomic E-state index is 12.3. The largest absolute Gasteiger partial charge is 0.497 e. The Balaban J connectivity index is 2.34. The molecule has 0 saturated carbocycles. The minimum absolute atomic E-state index is 0.148. The summed E-state index contributed by atoms with van der Waals surface area (Å²) in [6.45, 7) is 1.85. The number of anilines is 2. The van der Waals surface area contributed by atoms with Crippen LogP contribution in [0.25, 0.3) is 0 Å². The van der Waals surface area contributed by atoms with Crippen molar-refractivity contribution in [2.75, 3.05) is 17.6 Å². The van der Waals surface area contributed by atoms with Gasteiger partial charge in [0.05, 0.1) is 17.7 Å². The van der Waals surface area contributed by atoms with Crippen LogP contribution in [0.4, 0.5) is 11.4 Å². The maximum Gasteiger partial charge on any atom is 0.261 e. The van der Waals surface area contributed by atoms with Gasteiger partial charge in [0.25, 0.3) is 10.0 Å². The molecule has 0 heterocycles. The Kier molecular flexibility index (Phi) is 4.43. The maximum absolute atomic E-state index is 12.3. The minimum atomic E-state index is -3.68. The standard InChI is InChI=1S/C14H15BrN2O3S/c1-9-7-12(15)14(8-13(9)16)17-21(18,19)11-5-3-10(20-2)4-6-11/h3-8,17H,16H2,1-2H3. The van der Waals surface area contributed by atoms with Crippen LogP contribution in [0.2, 0.25) is 0 Å². The zero-order valence-electron chi connectivity index (χ0n) is 11.6. The molecule has 21 heavy (non-hydrogen) atoms. The Morgan fingerprint density at radius 1 is 1.19 bits per heavy atom. The Morgan fingerprint density at radius 2 is 1.81 bits per heavy atom. The summed E-state index contributed by atoms with van der Waals surface area (Å²) in [5.41, 5.74) is 7.60. The molecular formula is C14H15BrN2O3S. The minimum Gasteiger partial charge on any atom is -0.497 e. The van der Waals surface area contributed by atoms with Crippen molar-refractivity contribution < 1.29 is 13.2 Å². The van der Waals surface area contributed by atoms with Gasteiger partial charge in [0, 0.05) is 10.2 Å². The second-order valence-corrected chi connectivity index (χ2v) is 7.01.